The molecule has 14 bridgehead atoms. The molecular weight excluding hydrogens is 1740 g/mol. The van der Waals surface area contributed by atoms with Crippen molar-refractivity contribution in [1.29, 1.82) is 0 Å². The number of hydrogen-bond acceptors (Lipinski definition) is 10. The van der Waals surface area contributed by atoms with Gasteiger partial charge in [0.2, 0.25) is 11.8 Å². The number of aromatic amines is 1. The average Bonchev–Trinajstić information content (AvgIpc) is 1.31. The Morgan fingerprint density at radius 1 is 0.507 bits per heavy atom. The molecule has 3 aromatic heterocycles. The normalized spacial score (nSPS) is 34.7. The van der Waals surface area contributed by atoms with Gasteiger partial charge in [0.1, 0.15) is 12.2 Å². The van der Waals surface area contributed by atoms with Crippen LogP contribution in [0.5, 0.6) is 0 Å². The molecule has 140 heavy (non-hydrogen) atoms. The molecule has 18 fully saturated rings. The Kier molecular flexibility index (Phi) is 41.4. The van der Waals surface area contributed by atoms with Gasteiger partial charge in [-0.25, -0.2) is 9.97 Å². The van der Waals surface area contributed by atoms with E-state index in [1.54, 1.807) is 32.1 Å². The number of amides is 2. The summed E-state index contributed by atoms with van der Waals surface area (Å²) in [7, 11) is 1.77. The Morgan fingerprint density at radius 3 is 1.36 bits per heavy atom. The van der Waals surface area contributed by atoms with Crippen molar-refractivity contribution in [2.45, 2.75) is 521 Å². The number of aromatic nitrogens is 6. The van der Waals surface area contributed by atoms with E-state index in [0.717, 1.165) is 204 Å². The van der Waals surface area contributed by atoms with Crippen molar-refractivity contribution in [3.63, 3.8) is 0 Å². The van der Waals surface area contributed by atoms with Gasteiger partial charge in [0, 0.05) is 54.5 Å². The average molecular weight is 1960 g/mol. The smallest absolute Gasteiger partial charge is 0.226 e. The fraction of sp³-hybridized carbons (Fsp3) is 0.873. The lowest BCUT2D eigenvalue weighted by atomic mass is 9.45. The van der Waals surface area contributed by atoms with Gasteiger partial charge in [0.05, 0.1) is 28.1 Å². The highest BCUT2D eigenvalue weighted by atomic mass is 32.1. The maximum absolute atomic E-state index is 12.5. The fourth-order valence-corrected chi connectivity index (χ4v) is 32.6. The van der Waals surface area contributed by atoms with E-state index >= 15 is 0 Å². The fourth-order valence-electron chi connectivity index (χ4n) is 31.5. The first-order valence-corrected chi connectivity index (χ1v) is 59.3. The molecule has 4 aromatic rings. The van der Waals surface area contributed by atoms with Gasteiger partial charge in [-0.3, -0.25) is 24.3 Å². The standard InChI is InChI=1S/C17H27N.C16H29NO2.C13H23NO.C13H22O.C12H22.C11H17NS.2C11H20.C10H17N3.C10H16N2.2CH4/c1-15(2)8-9-16-10-12-18(13-11-16)14-17-6-4-3-5-7-17;1-12(2)15-5-8-16(9-6-15,10-7-15)13(18)17-11-14(3,4)19;1-10(2)12-4-7-13(8-5-12,9-6-12)11(15)14-3;1-9(2)12-4-10-3-11(5-12)7-13(14,6-10)8-12;1-10(2)12-7-4-11(3,5-8-12)6-9-12;1-7(2)9-4-5-10-11(6-9)13-8(3)12-10;2*1-9(2)11-6-4-10(3,8-11)5-7-11;1-8(2)9-3-4-10-11-7-12-13(10)6-5-9;1-7(2)8-3-4-10-9(5-8)6-11-12-10;;/h3-7,15-16H,8-14H2,1-2H3;12,19H,5-11H2,1-4H3,(H,17,18);10H,4-9H2,1-3H3,(H,14,15);9-11,14H,3-8H2,1-2H3;10H,4-9H2,1-3H3;7,9H,4-6H2,1-3H3;2*9H,4-8H2,1-3H3;7-9H,3-6H2,1-2H3;6-8H,3-5H2,1-2H3,(H,11,12);2*1H4. The van der Waals surface area contributed by atoms with E-state index in [1.807, 2.05) is 17.5 Å². The van der Waals surface area contributed by atoms with Crippen LogP contribution in [0.25, 0.3) is 0 Å². The van der Waals surface area contributed by atoms with Crippen molar-refractivity contribution < 1.29 is 19.8 Å². The molecule has 1 aromatic carbocycles. The quantitative estimate of drug-likeness (QED) is 0.0650. The molecule has 800 valence electrons. The molecule has 2 aliphatic heterocycles. The number of H-pyrrole nitrogens is 1. The monoisotopic (exact) mass is 1960 g/mol. The zero-order valence-corrected chi connectivity index (χ0v) is 95.2. The van der Waals surface area contributed by atoms with Crippen LogP contribution < -0.4 is 10.6 Å². The third kappa shape index (κ3) is 29.4. The number of hydrogen-bond donors (Lipinski definition) is 5. The molecule has 5 atom stereocenters. The number of likely N-dealkylation sites (tertiary alicyclic amines) is 1. The first-order chi connectivity index (χ1) is 64.9. The molecule has 5 heterocycles. The lowest BCUT2D eigenvalue weighted by Crippen LogP contribution is -2.57. The van der Waals surface area contributed by atoms with Crippen LogP contribution in [0, 0.1) is 161 Å². The Hall–Kier alpha value is -3.98. The lowest BCUT2D eigenvalue weighted by molar-refractivity contribution is -0.177. The molecule has 17 saturated carbocycles. The van der Waals surface area contributed by atoms with E-state index in [-0.39, 0.29) is 37.2 Å². The largest absolute Gasteiger partial charge is 0.390 e. The molecule has 14 heteroatoms. The van der Waals surface area contributed by atoms with E-state index in [9.17, 15) is 19.8 Å². The molecule has 25 rings (SSSR count). The molecule has 5 unspecified atom stereocenters. The Labute approximate surface area is 865 Å². The number of rotatable bonds is 18. The minimum absolute atomic E-state index is 0. The summed E-state index contributed by atoms with van der Waals surface area (Å²) in [5.74, 6) is 15.3. The molecule has 0 spiro atoms. The van der Waals surface area contributed by atoms with Crippen LogP contribution in [-0.2, 0) is 54.8 Å². The maximum atomic E-state index is 12.5. The summed E-state index contributed by atoms with van der Waals surface area (Å²) in [4.78, 5) is 37.4. The summed E-state index contributed by atoms with van der Waals surface area (Å²) in [5.41, 5.74) is 10.6. The van der Waals surface area contributed by atoms with Crippen molar-refractivity contribution >= 4 is 23.2 Å². The zero-order valence-electron chi connectivity index (χ0n) is 94.4. The topological polar surface area (TPSA) is 174 Å². The summed E-state index contributed by atoms with van der Waals surface area (Å²) >= 11 is 1.90. The number of nitrogens with one attached hydrogen (secondary N) is 3. The Bertz CT molecular complexity index is 4210. The molecule has 5 N–H and O–H groups in total. The minimum atomic E-state index is -0.822. The third-order valence-electron chi connectivity index (χ3n) is 43.3. The van der Waals surface area contributed by atoms with E-state index in [1.165, 1.54) is 284 Å². The number of thiazole rings is 1. The highest BCUT2D eigenvalue weighted by Crippen LogP contribution is 2.68. The van der Waals surface area contributed by atoms with Gasteiger partial charge >= 0.3 is 0 Å². The van der Waals surface area contributed by atoms with Crippen molar-refractivity contribution in [2.75, 3.05) is 26.7 Å². The maximum Gasteiger partial charge on any atom is 0.226 e. The van der Waals surface area contributed by atoms with E-state index in [2.05, 4.69) is 242 Å². The van der Waals surface area contributed by atoms with Crippen LogP contribution in [0.4, 0.5) is 0 Å². The summed E-state index contributed by atoms with van der Waals surface area (Å²) in [5, 5.41) is 38.7. The second-order valence-corrected chi connectivity index (χ2v) is 57.4. The molecule has 19 aliphatic carbocycles. The minimum Gasteiger partial charge on any atom is -0.390 e. The SMILES string of the molecule is C.C.CC(C)C12CC3CC(CC(O)(C3)C1)C2.CC(C)C12CCC(C(=O)NCC(C)(C)O)(CC1)CC2.CC(C)C12CCC(C)(CC1)C2.CC(C)C12CCC(C)(CC1)C2.CC(C)C12CCC(C)(CC1)CC2.CC(C)C1CCc2[nH]ncc2C1.CC(C)C1CCc2ncnn2CC1.CC(C)CCC1CCN(Cc2ccccc2)CC1.CNC(=O)C12CCC(C(C)C)(CC1)CC2.Cc1nc2c(s1)CC(C(C)C)CC2. The van der Waals surface area contributed by atoms with Gasteiger partial charge in [-0.05, 0) is 471 Å². The Balaban J connectivity index is 0.000000161. The first-order valence-electron chi connectivity index (χ1n) is 58.4. The number of carbonyl (C=O) groups excluding carboxylic acids is 2. The molecule has 13 nitrogen and oxygen atoms in total. The third-order valence-corrected chi connectivity index (χ3v) is 44.3. The van der Waals surface area contributed by atoms with E-state index in [0.29, 0.717) is 28.7 Å². The molecule has 0 radical (unpaired) electrons. The number of aryl methyl sites for hydroxylation is 5. The van der Waals surface area contributed by atoms with E-state index < -0.39 is 5.60 Å². The number of nitrogens with zero attached hydrogens (tertiary/aromatic N) is 6. The first kappa shape index (κ1) is 118. The highest BCUT2D eigenvalue weighted by molar-refractivity contribution is 7.11. The second kappa shape index (κ2) is 49.2. The predicted molar refractivity (Wildman–Crippen MR) is 595 cm³/mol. The van der Waals surface area contributed by atoms with Crippen molar-refractivity contribution in [2.24, 2.45) is 154 Å². The van der Waals surface area contributed by atoms with Gasteiger partial charge in [0.25, 0.3) is 0 Å². The van der Waals surface area contributed by atoms with Crippen LogP contribution in [-0.4, -0.2) is 94.8 Å². The number of benzene rings is 1. The van der Waals surface area contributed by atoms with Gasteiger partial charge < -0.3 is 20.8 Å². The molecular formula is C126H221N9O4S. The second-order valence-electron chi connectivity index (χ2n) is 56.1. The van der Waals surface area contributed by atoms with Gasteiger partial charge in [0.15, 0.2) is 0 Å². The van der Waals surface area contributed by atoms with Crippen LogP contribution in [0.2, 0.25) is 0 Å². The Morgan fingerprint density at radius 2 is 0.943 bits per heavy atom. The number of aliphatic hydroxyl groups is 2. The molecule has 2 amide bonds. The van der Waals surface area contributed by atoms with Gasteiger partial charge in [-0.1, -0.05) is 217 Å². The van der Waals surface area contributed by atoms with Gasteiger partial charge in [-0.2, -0.15) is 10.2 Å². The van der Waals surface area contributed by atoms with Gasteiger partial charge in [-0.15, -0.1) is 11.3 Å². The number of piperidine rings is 1. The summed E-state index contributed by atoms with van der Waals surface area (Å²) in [6, 6.07) is 10.9. The lowest BCUT2D eigenvalue weighted by Gasteiger charge is -2.62. The van der Waals surface area contributed by atoms with Crippen LogP contribution in [0.1, 0.15) is 496 Å². The van der Waals surface area contributed by atoms with E-state index in [4.69, 9.17) is 0 Å². The van der Waals surface area contributed by atoms with Crippen LogP contribution in [0.3, 0.4) is 0 Å². The number of fused-ring (bicyclic) bond motifs is 16. The summed E-state index contributed by atoms with van der Waals surface area (Å²) in [6.07, 6.45) is 66.1. The van der Waals surface area contributed by atoms with Crippen LogP contribution in [0.15, 0.2) is 42.9 Å². The van der Waals surface area contributed by atoms with Crippen LogP contribution >= 0.6 is 11.3 Å². The predicted octanol–water partition coefficient (Wildman–Crippen LogP) is 32.7. The highest BCUT2D eigenvalue weighted by Gasteiger charge is 2.60. The molecule has 21 aliphatic rings. The summed E-state index contributed by atoms with van der Waals surface area (Å²) < 4.78 is 2.06. The van der Waals surface area contributed by atoms with Crippen molar-refractivity contribution in [3.05, 3.63) is 81.1 Å². The van der Waals surface area contributed by atoms with Crippen molar-refractivity contribution in [3.8, 4) is 0 Å². The van der Waals surface area contributed by atoms with Crippen molar-refractivity contribution in [1.82, 2.24) is 45.5 Å². The zero-order chi connectivity index (χ0) is 100. The number of carbonyl (C=O) groups is 2. The molecule has 1 saturated heterocycles. The summed E-state index contributed by atoms with van der Waals surface area (Å²) in [6.45, 7) is 65.3.